The standard InChI is InChI=1S/C18H19ClN4S2/c1-2-22-17(13-3-5-15(19)6-4-13)20-23(18(22)24)12-21-9-7-16-14(11-21)8-10-25-16/h3-6,8,10H,2,7,9,11-12H2,1H3. The van der Waals surface area contributed by atoms with Crippen LogP contribution < -0.4 is 0 Å². The van der Waals surface area contributed by atoms with Crippen LogP contribution in [-0.4, -0.2) is 25.8 Å². The first-order valence-electron chi connectivity index (χ1n) is 8.37. The molecule has 0 N–H and O–H groups in total. The maximum absolute atomic E-state index is 6.01. The van der Waals surface area contributed by atoms with E-state index in [1.165, 1.54) is 10.4 Å². The number of benzene rings is 1. The van der Waals surface area contributed by atoms with E-state index in [2.05, 4.69) is 27.8 Å². The van der Waals surface area contributed by atoms with Crippen LogP contribution in [-0.2, 0) is 26.2 Å². The fourth-order valence-electron chi connectivity index (χ4n) is 3.25. The number of nitrogens with zero attached hydrogens (tertiary/aromatic N) is 4. The van der Waals surface area contributed by atoms with E-state index in [0.717, 1.165) is 53.9 Å². The van der Waals surface area contributed by atoms with Crippen LogP contribution in [0.25, 0.3) is 11.4 Å². The van der Waals surface area contributed by atoms with Crippen LogP contribution in [0.15, 0.2) is 35.7 Å². The average Bonchev–Trinajstić information content (AvgIpc) is 3.20. The van der Waals surface area contributed by atoms with E-state index >= 15 is 0 Å². The van der Waals surface area contributed by atoms with Gasteiger partial charge in [0.2, 0.25) is 0 Å². The van der Waals surface area contributed by atoms with Gasteiger partial charge in [0.05, 0.1) is 6.67 Å². The molecule has 1 aliphatic rings. The Morgan fingerprint density at radius 1 is 1.24 bits per heavy atom. The van der Waals surface area contributed by atoms with E-state index in [9.17, 15) is 0 Å². The second-order valence-corrected chi connectivity index (χ2v) is 7.97. The van der Waals surface area contributed by atoms with Crippen LogP contribution in [0.4, 0.5) is 0 Å². The lowest BCUT2D eigenvalue weighted by Gasteiger charge is -2.26. The molecule has 0 aliphatic carbocycles. The van der Waals surface area contributed by atoms with Crippen molar-refractivity contribution >= 4 is 35.2 Å². The molecule has 7 heteroatoms. The Kier molecular flexibility index (Phi) is 4.78. The Hall–Kier alpha value is -1.47. The Morgan fingerprint density at radius 2 is 2.04 bits per heavy atom. The topological polar surface area (TPSA) is 26.0 Å². The molecule has 4 rings (SSSR count). The summed E-state index contributed by atoms with van der Waals surface area (Å²) in [6, 6.07) is 10.0. The van der Waals surface area contributed by atoms with Gasteiger partial charge in [-0.15, -0.1) is 11.3 Å². The second kappa shape index (κ2) is 7.03. The van der Waals surface area contributed by atoms with Crippen molar-refractivity contribution in [2.24, 2.45) is 0 Å². The van der Waals surface area contributed by atoms with E-state index in [1.54, 1.807) is 0 Å². The first-order chi connectivity index (χ1) is 12.2. The lowest BCUT2D eigenvalue weighted by molar-refractivity contribution is 0.189. The molecule has 3 heterocycles. The predicted octanol–water partition coefficient (Wildman–Crippen LogP) is 4.83. The van der Waals surface area contributed by atoms with Crippen molar-refractivity contribution < 1.29 is 0 Å². The first kappa shape index (κ1) is 17.0. The number of fused-ring (bicyclic) bond motifs is 1. The maximum atomic E-state index is 6.01. The Balaban J connectivity index is 1.62. The third-order valence-electron chi connectivity index (χ3n) is 4.56. The number of hydrogen-bond donors (Lipinski definition) is 0. The number of aromatic nitrogens is 3. The molecule has 0 atom stereocenters. The van der Waals surface area contributed by atoms with Gasteiger partial charge < -0.3 is 4.57 Å². The van der Waals surface area contributed by atoms with Gasteiger partial charge in [0.15, 0.2) is 10.6 Å². The normalized spacial score (nSPS) is 14.6. The zero-order valence-corrected chi connectivity index (χ0v) is 16.4. The fraction of sp³-hybridized carbons (Fsp3) is 0.333. The van der Waals surface area contributed by atoms with Crippen molar-refractivity contribution in [2.45, 2.75) is 33.1 Å². The molecule has 0 bridgehead atoms. The summed E-state index contributed by atoms with van der Waals surface area (Å²) < 4.78 is 4.79. The highest BCUT2D eigenvalue weighted by molar-refractivity contribution is 7.71. The zero-order chi connectivity index (χ0) is 17.4. The molecule has 1 aromatic carbocycles. The van der Waals surface area contributed by atoms with E-state index in [4.69, 9.17) is 28.9 Å². The predicted molar refractivity (Wildman–Crippen MR) is 106 cm³/mol. The number of halogens is 1. The summed E-state index contributed by atoms with van der Waals surface area (Å²) in [6.07, 6.45) is 1.11. The summed E-state index contributed by atoms with van der Waals surface area (Å²) in [5.41, 5.74) is 2.48. The Morgan fingerprint density at radius 3 is 2.80 bits per heavy atom. The van der Waals surface area contributed by atoms with Crippen molar-refractivity contribution in [2.75, 3.05) is 6.54 Å². The lowest BCUT2D eigenvalue weighted by Crippen LogP contribution is -2.32. The minimum atomic E-state index is 0.724. The molecular formula is C18H19ClN4S2. The summed E-state index contributed by atoms with van der Waals surface area (Å²) in [4.78, 5) is 3.92. The molecule has 2 aromatic heterocycles. The molecule has 0 saturated carbocycles. The van der Waals surface area contributed by atoms with Gasteiger partial charge in [-0.25, -0.2) is 4.68 Å². The van der Waals surface area contributed by atoms with Gasteiger partial charge >= 0.3 is 0 Å². The molecule has 0 spiro atoms. The summed E-state index contributed by atoms with van der Waals surface area (Å²) in [5, 5.41) is 7.72. The Labute approximate surface area is 161 Å². The van der Waals surface area contributed by atoms with Crippen molar-refractivity contribution in [3.63, 3.8) is 0 Å². The van der Waals surface area contributed by atoms with Crippen LogP contribution in [0.1, 0.15) is 17.4 Å². The summed E-state index contributed by atoms with van der Waals surface area (Å²) in [5.74, 6) is 0.900. The third-order valence-corrected chi connectivity index (χ3v) is 6.27. The molecule has 3 aromatic rings. The summed E-state index contributed by atoms with van der Waals surface area (Å²) >= 11 is 13.6. The second-order valence-electron chi connectivity index (χ2n) is 6.17. The first-order valence-corrected chi connectivity index (χ1v) is 10.0. The van der Waals surface area contributed by atoms with Crippen molar-refractivity contribution in [1.29, 1.82) is 0 Å². The van der Waals surface area contributed by atoms with Gasteiger partial charge in [0.1, 0.15) is 0 Å². The van der Waals surface area contributed by atoms with Crippen LogP contribution in [0.5, 0.6) is 0 Å². The number of thiophene rings is 1. The highest BCUT2D eigenvalue weighted by atomic mass is 35.5. The van der Waals surface area contributed by atoms with E-state index < -0.39 is 0 Å². The molecule has 0 radical (unpaired) electrons. The molecule has 130 valence electrons. The lowest BCUT2D eigenvalue weighted by atomic mass is 10.1. The van der Waals surface area contributed by atoms with Crippen molar-refractivity contribution in [3.8, 4) is 11.4 Å². The highest BCUT2D eigenvalue weighted by Crippen LogP contribution is 2.25. The van der Waals surface area contributed by atoms with E-state index in [0.29, 0.717) is 0 Å². The Bertz CT molecular complexity index is 939. The van der Waals surface area contributed by atoms with Crippen molar-refractivity contribution in [3.05, 3.63) is 55.9 Å². The van der Waals surface area contributed by atoms with E-state index in [-0.39, 0.29) is 0 Å². The molecule has 0 amide bonds. The van der Waals surface area contributed by atoms with Gasteiger partial charge in [-0.1, -0.05) is 11.6 Å². The third kappa shape index (κ3) is 3.31. The molecule has 1 aliphatic heterocycles. The van der Waals surface area contributed by atoms with Crippen molar-refractivity contribution in [1.82, 2.24) is 19.2 Å². The monoisotopic (exact) mass is 390 g/mol. The average molecular weight is 391 g/mol. The molecule has 25 heavy (non-hydrogen) atoms. The van der Waals surface area contributed by atoms with Gasteiger partial charge in [-0.2, -0.15) is 5.10 Å². The minimum absolute atomic E-state index is 0.724. The van der Waals surface area contributed by atoms with Gasteiger partial charge in [0.25, 0.3) is 0 Å². The minimum Gasteiger partial charge on any atom is -0.300 e. The van der Waals surface area contributed by atoms with Crippen LogP contribution in [0, 0.1) is 4.77 Å². The molecule has 4 nitrogen and oxygen atoms in total. The summed E-state index contributed by atoms with van der Waals surface area (Å²) in [7, 11) is 0. The zero-order valence-electron chi connectivity index (χ0n) is 14.0. The van der Waals surface area contributed by atoms with Gasteiger partial charge in [0, 0.05) is 35.1 Å². The van der Waals surface area contributed by atoms with Crippen LogP contribution >= 0.6 is 35.2 Å². The SMILES string of the molecule is CCn1c(-c2ccc(Cl)cc2)nn(CN2CCc3sccc3C2)c1=S. The fourth-order valence-corrected chi connectivity index (χ4v) is 4.58. The van der Waals surface area contributed by atoms with E-state index in [1.807, 2.05) is 40.3 Å². The summed E-state index contributed by atoms with van der Waals surface area (Å²) in [6.45, 7) is 5.63. The van der Waals surface area contributed by atoms with Gasteiger partial charge in [-0.05, 0) is 66.8 Å². The quantitative estimate of drug-likeness (QED) is 0.596. The molecule has 0 fully saturated rings. The molecule has 0 unspecified atom stereocenters. The maximum Gasteiger partial charge on any atom is 0.199 e. The highest BCUT2D eigenvalue weighted by Gasteiger charge is 2.19. The van der Waals surface area contributed by atoms with Crippen LogP contribution in [0.3, 0.4) is 0 Å². The van der Waals surface area contributed by atoms with Crippen LogP contribution in [0.2, 0.25) is 5.02 Å². The smallest absolute Gasteiger partial charge is 0.199 e. The number of rotatable bonds is 4. The molecule has 0 saturated heterocycles. The van der Waals surface area contributed by atoms with Gasteiger partial charge in [-0.3, -0.25) is 4.90 Å². The largest absolute Gasteiger partial charge is 0.300 e. The molecular weight excluding hydrogens is 372 g/mol. The number of hydrogen-bond acceptors (Lipinski definition) is 4.